The number of carbonyl (C=O) groups is 1. The van der Waals surface area contributed by atoms with Gasteiger partial charge in [-0.1, -0.05) is 22.8 Å². The fourth-order valence-electron chi connectivity index (χ4n) is 6.21. The first kappa shape index (κ1) is 24.9. The zero-order chi connectivity index (χ0) is 26.6. The molecule has 3 atom stereocenters. The summed E-state index contributed by atoms with van der Waals surface area (Å²) in [6.07, 6.45) is 4.26. The molecule has 1 saturated carbocycles. The van der Waals surface area contributed by atoms with Gasteiger partial charge in [0.05, 0.1) is 41.0 Å². The van der Waals surface area contributed by atoms with E-state index in [2.05, 4.69) is 27.9 Å². The molecule has 38 heavy (non-hydrogen) atoms. The molecule has 0 radical (unpaired) electrons. The van der Waals surface area contributed by atoms with Crippen LogP contribution in [0.3, 0.4) is 0 Å². The third-order valence-electron chi connectivity index (χ3n) is 8.02. The first-order valence-electron chi connectivity index (χ1n) is 13.0. The quantitative estimate of drug-likeness (QED) is 0.278. The lowest BCUT2D eigenvalue weighted by atomic mass is 10.0. The monoisotopic (exact) mass is 534 g/mol. The van der Waals surface area contributed by atoms with Crippen LogP contribution in [0.25, 0.3) is 22.2 Å². The maximum atomic E-state index is 13.2. The molecule has 2 aliphatic rings. The van der Waals surface area contributed by atoms with Crippen LogP contribution in [0.4, 0.5) is 5.69 Å². The van der Waals surface area contributed by atoms with E-state index in [0.29, 0.717) is 23.6 Å². The lowest BCUT2D eigenvalue weighted by Crippen LogP contribution is -2.29. The molecule has 0 spiro atoms. The molecule has 1 unspecified atom stereocenters. The van der Waals surface area contributed by atoms with E-state index in [-0.39, 0.29) is 24.1 Å². The van der Waals surface area contributed by atoms with Gasteiger partial charge in [-0.2, -0.15) is 0 Å². The lowest BCUT2D eigenvalue weighted by molar-refractivity contribution is -0.117. The standard InChI is InChI=1S/C29H31ClN4O4/c1-16-28(17(2)38-32-16)18-5-9-24-23(13-18)31-29(34(24)19-6-8-21(14-19)36-3)25-10-12-27(35)33(25)20-7-11-26(37-4)22(30)15-20/h5,7,9,11,13,15,19,21,25H,6,8,10,12,14H2,1-4H3/t19-,21?,25+/m1/s1. The number of aryl methyl sites for hydroxylation is 2. The SMILES string of the molecule is COc1ccc(N2C(=O)CC[C@H]2c2nc3cc(-c4c(C)noc4C)ccc3n2[C@@H]2CCC(OC)C2)cc1Cl. The largest absolute Gasteiger partial charge is 0.495 e. The molecule has 1 saturated heterocycles. The normalized spacial score (nSPS) is 21.7. The number of methoxy groups -OCH3 is 2. The Hall–Kier alpha value is -3.36. The van der Waals surface area contributed by atoms with Gasteiger partial charge in [-0.3, -0.25) is 4.79 Å². The average Bonchev–Trinajstić information content (AvgIpc) is 3.68. The van der Waals surface area contributed by atoms with Crippen molar-refractivity contribution in [1.29, 1.82) is 0 Å². The minimum absolute atomic E-state index is 0.0624. The first-order chi connectivity index (χ1) is 18.4. The number of nitrogens with zero attached hydrogens (tertiary/aromatic N) is 4. The summed E-state index contributed by atoms with van der Waals surface area (Å²) in [7, 11) is 3.36. The summed E-state index contributed by atoms with van der Waals surface area (Å²) in [5, 5.41) is 4.60. The Morgan fingerprint density at radius 3 is 2.61 bits per heavy atom. The van der Waals surface area contributed by atoms with Gasteiger partial charge in [0.25, 0.3) is 0 Å². The predicted molar refractivity (Wildman–Crippen MR) is 146 cm³/mol. The Kier molecular flexibility index (Phi) is 6.40. The van der Waals surface area contributed by atoms with Crippen molar-refractivity contribution in [3.63, 3.8) is 0 Å². The van der Waals surface area contributed by atoms with Crippen molar-refractivity contribution in [3.05, 3.63) is 58.7 Å². The van der Waals surface area contributed by atoms with Crippen molar-refractivity contribution in [2.24, 2.45) is 0 Å². The number of hydrogen-bond donors (Lipinski definition) is 0. The topological polar surface area (TPSA) is 82.6 Å². The van der Waals surface area contributed by atoms with Crippen LogP contribution in [-0.4, -0.2) is 40.9 Å². The second kappa shape index (κ2) is 9.75. The molecule has 1 aliphatic carbocycles. The molecule has 198 valence electrons. The molecule has 2 fully saturated rings. The maximum absolute atomic E-state index is 13.2. The van der Waals surface area contributed by atoms with Crippen molar-refractivity contribution in [3.8, 4) is 16.9 Å². The molecule has 0 N–H and O–H groups in total. The number of rotatable bonds is 6. The van der Waals surface area contributed by atoms with Gasteiger partial charge in [-0.05, 0) is 75.4 Å². The summed E-state index contributed by atoms with van der Waals surface area (Å²) in [5.41, 5.74) is 5.57. The van der Waals surface area contributed by atoms with Crippen molar-refractivity contribution in [2.75, 3.05) is 19.1 Å². The molecule has 9 heteroatoms. The lowest BCUT2D eigenvalue weighted by Gasteiger charge is -2.27. The Morgan fingerprint density at radius 1 is 1.08 bits per heavy atom. The van der Waals surface area contributed by atoms with E-state index in [1.807, 2.05) is 24.8 Å². The van der Waals surface area contributed by atoms with Crippen LogP contribution in [0.2, 0.25) is 5.02 Å². The fourth-order valence-corrected chi connectivity index (χ4v) is 6.46. The number of amides is 1. The molecule has 2 aromatic carbocycles. The second-order valence-corrected chi connectivity index (χ2v) is 10.6. The summed E-state index contributed by atoms with van der Waals surface area (Å²) in [6.45, 7) is 3.88. The molecular weight excluding hydrogens is 504 g/mol. The summed E-state index contributed by atoms with van der Waals surface area (Å²) in [6, 6.07) is 11.9. The van der Waals surface area contributed by atoms with E-state index < -0.39 is 0 Å². The van der Waals surface area contributed by atoms with E-state index in [1.165, 1.54) is 0 Å². The Balaban J connectivity index is 1.49. The number of fused-ring (bicyclic) bond motifs is 1. The van der Waals surface area contributed by atoms with Crippen LogP contribution in [0.15, 0.2) is 40.9 Å². The number of imidazole rings is 1. The highest BCUT2D eigenvalue weighted by atomic mass is 35.5. The number of benzene rings is 2. The van der Waals surface area contributed by atoms with E-state index >= 15 is 0 Å². The van der Waals surface area contributed by atoms with Crippen LogP contribution < -0.4 is 9.64 Å². The van der Waals surface area contributed by atoms with Gasteiger partial charge in [0, 0.05) is 30.8 Å². The third kappa shape index (κ3) is 4.07. The van der Waals surface area contributed by atoms with Gasteiger partial charge < -0.3 is 23.5 Å². The number of aromatic nitrogens is 3. The van der Waals surface area contributed by atoms with E-state index in [0.717, 1.165) is 64.4 Å². The van der Waals surface area contributed by atoms with Gasteiger partial charge in [-0.25, -0.2) is 4.98 Å². The smallest absolute Gasteiger partial charge is 0.227 e. The van der Waals surface area contributed by atoms with E-state index in [4.69, 9.17) is 30.6 Å². The highest BCUT2D eigenvalue weighted by molar-refractivity contribution is 6.32. The van der Waals surface area contributed by atoms with Crippen molar-refractivity contribution in [2.45, 2.75) is 64.1 Å². The van der Waals surface area contributed by atoms with Crippen LogP contribution in [-0.2, 0) is 9.53 Å². The molecule has 1 aliphatic heterocycles. The third-order valence-corrected chi connectivity index (χ3v) is 8.31. The molecular formula is C29H31ClN4O4. The van der Waals surface area contributed by atoms with Crippen molar-refractivity contribution < 1.29 is 18.8 Å². The second-order valence-electron chi connectivity index (χ2n) is 10.2. The molecule has 3 heterocycles. The zero-order valence-corrected chi connectivity index (χ0v) is 22.8. The van der Waals surface area contributed by atoms with Crippen LogP contribution in [0, 0.1) is 13.8 Å². The van der Waals surface area contributed by atoms with E-state index in [9.17, 15) is 4.79 Å². The number of anilines is 1. The minimum Gasteiger partial charge on any atom is -0.495 e. The van der Waals surface area contributed by atoms with Gasteiger partial charge in [0.1, 0.15) is 17.3 Å². The van der Waals surface area contributed by atoms with Crippen LogP contribution in [0.1, 0.15) is 61.5 Å². The summed E-state index contributed by atoms with van der Waals surface area (Å²) in [4.78, 5) is 20.3. The van der Waals surface area contributed by atoms with Crippen LogP contribution >= 0.6 is 11.6 Å². The zero-order valence-electron chi connectivity index (χ0n) is 22.0. The Labute approximate surface area is 226 Å². The average molecular weight is 535 g/mol. The van der Waals surface area contributed by atoms with Gasteiger partial charge in [0.2, 0.25) is 5.91 Å². The number of ether oxygens (including phenoxy) is 2. The van der Waals surface area contributed by atoms with Crippen molar-refractivity contribution >= 4 is 34.2 Å². The molecule has 2 aromatic heterocycles. The maximum Gasteiger partial charge on any atom is 0.227 e. The molecule has 6 rings (SSSR count). The number of carbonyl (C=O) groups excluding carboxylic acids is 1. The summed E-state index contributed by atoms with van der Waals surface area (Å²) >= 11 is 6.46. The first-order valence-corrected chi connectivity index (χ1v) is 13.4. The molecule has 1 amide bonds. The summed E-state index contributed by atoms with van der Waals surface area (Å²) in [5.74, 6) is 2.32. The van der Waals surface area contributed by atoms with Gasteiger partial charge in [0.15, 0.2) is 0 Å². The summed E-state index contributed by atoms with van der Waals surface area (Å²) < 4.78 is 18.8. The Bertz CT molecular complexity index is 1510. The number of halogens is 1. The van der Waals surface area contributed by atoms with Crippen LogP contribution in [0.5, 0.6) is 5.75 Å². The molecule has 0 bridgehead atoms. The number of hydrogen-bond acceptors (Lipinski definition) is 6. The van der Waals surface area contributed by atoms with E-state index in [1.54, 1.807) is 26.4 Å². The predicted octanol–water partition coefficient (Wildman–Crippen LogP) is 6.58. The highest BCUT2D eigenvalue weighted by Gasteiger charge is 2.39. The Morgan fingerprint density at radius 2 is 1.92 bits per heavy atom. The van der Waals surface area contributed by atoms with Crippen molar-refractivity contribution in [1.82, 2.24) is 14.7 Å². The molecule has 4 aromatic rings. The van der Waals surface area contributed by atoms with Gasteiger partial charge >= 0.3 is 0 Å². The van der Waals surface area contributed by atoms with Gasteiger partial charge in [-0.15, -0.1) is 0 Å². The molecule has 8 nitrogen and oxygen atoms in total. The fraction of sp³-hybridized carbons (Fsp3) is 0.414. The highest BCUT2D eigenvalue weighted by Crippen LogP contribution is 2.44. The minimum atomic E-state index is -0.205.